The molecule has 0 rings (SSSR count). The normalized spacial score (nSPS) is 0. The second-order valence-corrected chi connectivity index (χ2v) is 0. The SMILES string of the molecule is [Mn+2].[O-2].[O-2].[O-2].[O-2].[O-2].[Ti+4].[Ti+4]. The molecule has 0 heterocycles. The van der Waals surface area contributed by atoms with Gasteiger partial charge in [-0.05, 0) is 0 Å². The van der Waals surface area contributed by atoms with Gasteiger partial charge in [-0.2, -0.15) is 0 Å². The predicted molar refractivity (Wildman–Crippen MR) is 3.43 cm³/mol. The van der Waals surface area contributed by atoms with E-state index in [1.807, 2.05) is 0 Å². The minimum Gasteiger partial charge on any atom is -2.00 e. The maximum absolute atomic E-state index is 0. The van der Waals surface area contributed by atoms with Crippen LogP contribution in [0, 0.1) is 0 Å². The van der Waals surface area contributed by atoms with Crippen LogP contribution in [0.1, 0.15) is 0 Å². The predicted octanol–water partition coefficient (Wildman–Crippen LogP) is -0.601. The van der Waals surface area contributed by atoms with Crippen molar-refractivity contribution in [1.82, 2.24) is 0 Å². The van der Waals surface area contributed by atoms with Crippen LogP contribution in [0.15, 0.2) is 0 Å². The van der Waals surface area contributed by atoms with Gasteiger partial charge >= 0.3 is 60.5 Å². The van der Waals surface area contributed by atoms with Crippen LogP contribution in [0.3, 0.4) is 0 Å². The molecule has 8 heteroatoms. The summed E-state index contributed by atoms with van der Waals surface area (Å²) in [5, 5.41) is 0. The minimum atomic E-state index is 0. The van der Waals surface area contributed by atoms with Gasteiger partial charge in [0.05, 0.1) is 0 Å². The first-order valence-corrected chi connectivity index (χ1v) is 0. The van der Waals surface area contributed by atoms with Crippen LogP contribution in [0.5, 0.6) is 0 Å². The van der Waals surface area contributed by atoms with Crippen molar-refractivity contribution in [2.24, 2.45) is 0 Å². The fourth-order valence-corrected chi connectivity index (χ4v) is 0. The number of hydrogen-bond acceptors (Lipinski definition) is 0. The molecule has 0 amide bonds. The van der Waals surface area contributed by atoms with Crippen LogP contribution in [0.25, 0.3) is 0 Å². The summed E-state index contributed by atoms with van der Waals surface area (Å²) < 4.78 is 0. The van der Waals surface area contributed by atoms with Crippen molar-refractivity contribution in [3.8, 4) is 0 Å². The summed E-state index contributed by atoms with van der Waals surface area (Å²) in [7, 11) is 0. The largest absolute Gasteiger partial charge is 4.00 e. The molecule has 0 N–H and O–H groups in total. The summed E-state index contributed by atoms with van der Waals surface area (Å²) in [5.41, 5.74) is 0. The molecular formula is MnO5Ti2. The number of rotatable bonds is 0. The van der Waals surface area contributed by atoms with Gasteiger partial charge in [0.2, 0.25) is 0 Å². The third-order valence-corrected chi connectivity index (χ3v) is 0. The molecule has 0 unspecified atom stereocenters. The van der Waals surface area contributed by atoms with Crippen molar-refractivity contribution in [2.45, 2.75) is 0 Å². The molecule has 0 bridgehead atoms. The Morgan fingerprint density at radius 3 is 0.375 bits per heavy atom. The van der Waals surface area contributed by atoms with E-state index in [-0.39, 0.29) is 87.9 Å². The molecule has 0 saturated carbocycles. The Kier molecular flexibility index (Phi) is 5240. The molecule has 0 atom stereocenters. The fourth-order valence-electron chi connectivity index (χ4n) is 0. The first-order valence-electron chi connectivity index (χ1n) is 0. The molecule has 0 aliphatic carbocycles. The zero-order valence-electron chi connectivity index (χ0n) is 3.42. The number of hydrogen-bond donors (Lipinski definition) is 0. The summed E-state index contributed by atoms with van der Waals surface area (Å²) in [6.07, 6.45) is 0. The average molecular weight is 231 g/mol. The quantitative estimate of drug-likeness (QED) is 0.490. The summed E-state index contributed by atoms with van der Waals surface area (Å²) in [6.45, 7) is 0. The topological polar surface area (TPSA) is 142 Å². The zero-order valence-corrected chi connectivity index (χ0v) is 7.72. The van der Waals surface area contributed by atoms with E-state index in [0.717, 1.165) is 0 Å². The van der Waals surface area contributed by atoms with Gasteiger partial charge in [0.15, 0.2) is 0 Å². The van der Waals surface area contributed by atoms with Gasteiger partial charge in [-0.15, -0.1) is 0 Å². The maximum atomic E-state index is 0. The van der Waals surface area contributed by atoms with Crippen LogP contribution >= 0.6 is 0 Å². The molecule has 1 radical (unpaired) electrons. The van der Waals surface area contributed by atoms with Crippen LogP contribution in [-0.4, -0.2) is 0 Å². The van der Waals surface area contributed by atoms with Crippen LogP contribution in [0.4, 0.5) is 0 Å². The maximum Gasteiger partial charge on any atom is 4.00 e. The van der Waals surface area contributed by atoms with Gasteiger partial charge in [0, 0.05) is 0 Å². The molecule has 0 aromatic rings. The zero-order chi connectivity index (χ0) is 0. The monoisotopic (exact) mass is 231 g/mol. The molecular weight excluding hydrogens is 231 g/mol. The van der Waals surface area contributed by atoms with Crippen molar-refractivity contribution in [3.63, 3.8) is 0 Å². The van der Waals surface area contributed by atoms with Crippen LogP contribution in [-0.2, 0) is 87.9 Å². The van der Waals surface area contributed by atoms with Crippen molar-refractivity contribution in [2.75, 3.05) is 0 Å². The summed E-state index contributed by atoms with van der Waals surface area (Å²) in [6, 6.07) is 0. The Morgan fingerprint density at radius 2 is 0.375 bits per heavy atom. The Hall–Kier alpha value is 1.75. The molecule has 45 valence electrons. The van der Waals surface area contributed by atoms with Crippen LogP contribution in [0.2, 0.25) is 0 Å². The van der Waals surface area contributed by atoms with E-state index in [4.69, 9.17) is 0 Å². The Balaban J connectivity index is 0. The molecule has 0 saturated heterocycles. The molecule has 0 aliphatic rings. The average Bonchev–Trinajstić information content (AvgIpc) is 0. The van der Waals surface area contributed by atoms with Gasteiger partial charge in [-0.3, -0.25) is 0 Å². The van der Waals surface area contributed by atoms with E-state index >= 15 is 0 Å². The van der Waals surface area contributed by atoms with Crippen molar-refractivity contribution in [3.05, 3.63) is 0 Å². The summed E-state index contributed by atoms with van der Waals surface area (Å²) in [5.74, 6) is 0. The van der Waals surface area contributed by atoms with Gasteiger partial charge in [0.1, 0.15) is 0 Å². The van der Waals surface area contributed by atoms with Gasteiger partial charge in [-0.25, -0.2) is 0 Å². The molecule has 0 fully saturated rings. The molecule has 8 heavy (non-hydrogen) atoms. The van der Waals surface area contributed by atoms with E-state index in [9.17, 15) is 0 Å². The van der Waals surface area contributed by atoms with Crippen LogP contribution < -0.4 is 0 Å². The first kappa shape index (κ1) is 244. The Morgan fingerprint density at radius 1 is 0.375 bits per heavy atom. The van der Waals surface area contributed by atoms with Gasteiger partial charge in [-0.1, -0.05) is 0 Å². The second-order valence-electron chi connectivity index (χ2n) is 0. The fraction of sp³-hybridized carbons (Fsp3) is 0. The summed E-state index contributed by atoms with van der Waals surface area (Å²) >= 11 is 0. The van der Waals surface area contributed by atoms with Crippen molar-refractivity contribution < 1.29 is 87.9 Å². The summed E-state index contributed by atoms with van der Waals surface area (Å²) in [4.78, 5) is 0. The molecule has 0 aromatic heterocycles. The minimum absolute atomic E-state index is 0. The Bertz CT molecular complexity index is 10.4. The van der Waals surface area contributed by atoms with E-state index in [2.05, 4.69) is 0 Å². The smallest absolute Gasteiger partial charge is 2.00 e. The molecule has 0 aliphatic heterocycles. The third-order valence-electron chi connectivity index (χ3n) is 0. The standard InChI is InChI=1S/Mn.5O.2Ti/q+2;5*-2;2*+4. The first-order chi connectivity index (χ1) is 0. The molecule has 0 spiro atoms. The van der Waals surface area contributed by atoms with E-state index < -0.39 is 0 Å². The van der Waals surface area contributed by atoms with Gasteiger partial charge in [0.25, 0.3) is 0 Å². The molecule has 5 nitrogen and oxygen atoms in total. The van der Waals surface area contributed by atoms with E-state index in [0.29, 0.717) is 0 Å². The van der Waals surface area contributed by atoms with Gasteiger partial charge < -0.3 is 27.4 Å². The van der Waals surface area contributed by atoms with Crippen molar-refractivity contribution >= 4 is 0 Å². The van der Waals surface area contributed by atoms with E-state index in [1.54, 1.807) is 0 Å². The second kappa shape index (κ2) is 172. The van der Waals surface area contributed by atoms with Crippen molar-refractivity contribution in [1.29, 1.82) is 0 Å². The molecule has 0 aromatic carbocycles. The van der Waals surface area contributed by atoms with E-state index in [1.165, 1.54) is 0 Å². The third kappa shape index (κ3) is 115. The Labute approximate surface area is 87.4 Å².